The highest BCUT2D eigenvalue weighted by Gasteiger charge is 2.19. The summed E-state index contributed by atoms with van der Waals surface area (Å²) in [6, 6.07) is 5.81. The van der Waals surface area contributed by atoms with Gasteiger partial charge in [-0.05, 0) is 24.4 Å². The summed E-state index contributed by atoms with van der Waals surface area (Å²) < 4.78 is 0. The Hall–Kier alpha value is -1.79. The minimum atomic E-state index is -0.0316. The van der Waals surface area contributed by atoms with E-state index in [9.17, 15) is 0 Å². The Kier molecular flexibility index (Phi) is 4.46. The number of oxime groups is 1. The van der Waals surface area contributed by atoms with Gasteiger partial charge < -0.3 is 15.8 Å². The molecule has 1 unspecified atom stereocenters. The summed E-state index contributed by atoms with van der Waals surface area (Å²) in [5.74, 6) is 0.562. The lowest BCUT2D eigenvalue weighted by atomic mass is 10.2. The Balaban J connectivity index is 2.38. The third kappa shape index (κ3) is 2.71. The molecule has 20 heavy (non-hydrogen) atoms. The third-order valence-corrected chi connectivity index (χ3v) is 4.54. The van der Waals surface area contributed by atoms with E-state index in [1.54, 1.807) is 23.6 Å². The number of hydrogen-bond acceptors (Lipinski definition) is 5. The maximum Gasteiger partial charge on any atom is 0.171 e. The molecule has 3 N–H and O–H groups in total. The Bertz CT molecular complexity index is 615. The molecule has 0 saturated heterocycles. The monoisotopic (exact) mass is 310 g/mol. The second-order valence-electron chi connectivity index (χ2n) is 4.28. The van der Waals surface area contributed by atoms with Crippen molar-refractivity contribution in [2.45, 2.75) is 13.0 Å². The molecule has 1 atom stereocenters. The van der Waals surface area contributed by atoms with Crippen molar-refractivity contribution in [2.75, 3.05) is 11.9 Å². The minimum absolute atomic E-state index is 0.0316. The van der Waals surface area contributed by atoms with Crippen molar-refractivity contribution in [1.82, 2.24) is 4.98 Å². The number of rotatable bonds is 4. The fourth-order valence-electron chi connectivity index (χ4n) is 1.83. The molecule has 106 valence electrons. The average molecular weight is 311 g/mol. The van der Waals surface area contributed by atoms with E-state index in [1.807, 2.05) is 23.4 Å². The lowest BCUT2D eigenvalue weighted by Crippen LogP contribution is -2.23. The van der Waals surface area contributed by atoms with Crippen LogP contribution in [0.5, 0.6) is 0 Å². The Morgan fingerprint density at radius 2 is 2.30 bits per heavy atom. The van der Waals surface area contributed by atoms with Gasteiger partial charge in [0.25, 0.3) is 0 Å². The predicted molar refractivity (Wildman–Crippen MR) is 82.9 cm³/mol. The Morgan fingerprint density at radius 1 is 1.55 bits per heavy atom. The summed E-state index contributed by atoms with van der Waals surface area (Å²) in [7, 11) is 1.91. The van der Waals surface area contributed by atoms with Crippen LogP contribution in [0.3, 0.4) is 0 Å². The summed E-state index contributed by atoms with van der Waals surface area (Å²) in [4.78, 5) is 7.46. The molecular formula is C13H15ClN4OS. The number of hydrogen-bond donors (Lipinski definition) is 2. The van der Waals surface area contributed by atoms with Gasteiger partial charge in [-0.15, -0.1) is 11.3 Å². The fraction of sp³-hybridized carbons (Fsp3) is 0.231. The van der Waals surface area contributed by atoms with Crippen LogP contribution >= 0.6 is 22.9 Å². The van der Waals surface area contributed by atoms with Gasteiger partial charge in [0.05, 0.1) is 11.1 Å². The van der Waals surface area contributed by atoms with Crippen molar-refractivity contribution in [2.24, 2.45) is 10.9 Å². The molecule has 0 radical (unpaired) electrons. The number of thiophene rings is 1. The highest BCUT2D eigenvalue weighted by molar-refractivity contribution is 7.10. The molecule has 2 heterocycles. The van der Waals surface area contributed by atoms with E-state index in [0.29, 0.717) is 16.4 Å². The van der Waals surface area contributed by atoms with Crippen molar-refractivity contribution >= 4 is 34.6 Å². The van der Waals surface area contributed by atoms with E-state index < -0.39 is 0 Å². The molecule has 0 aliphatic heterocycles. The molecule has 0 aliphatic carbocycles. The molecule has 5 nitrogen and oxygen atoms in total. The van der Waals surface area contributed by atoms with E-state index in [-0.39, 0.29) is 11.9 Å². The first-order chi connectivity index (χ1) is 9.56. The molecule has 0 bridgehead atoms. The first-order valence-corrected chi connectivity index (χ1v) is 7.20. The van der Waals surface area contributed by atoms with Crippen molar-refractivity contribution in [3.8, 4) is 0 Å². The number of amidine groups is 1. The maximum atomic E-state index is 8.77. The lowest BCUT2D eigenvalue weighted by Gasteiger charge is -2.26. The minimum Gasteiger partial charge on any atom is -0.409 e. The van der Waals surface area contributed by atoms with Gasteiger partial charge in [-0.3, -0.25) is 0 Å². The first kappa shape index (κ1) is 14.6. The molecule has 2 rings (SSSR count). The van der Waals surface area contributed by atoms with Gasteiger partial charge in [0.1, 0.15) is 5.82 Å². The van der Waals surface area contributed by atoms with Gasteiger partial charge in [0.2, 0.25) is 0 Å². The molecule has 2 aromatic rings. The molecule has 0 aliphatic rings. The second kappa shape index (κ2) is 6.11. The van der Waals surface area contributed by atoms with Crippen LogP contribution in [-0.2, 0) is 0 Å². The predicted octanol–water partition coefficient (Wildman–Crippen LogP) is 3.09. The molecule has 7 heteroatoms. The zero-order chi connectivity index (χ0) is 14.7. The van der Waals surface area contributed by atoms with Crippen LogP contribution in [0, 0.1) is 0 Å². The highest BCUT2D eigenvalue weighted by atomic mass is 35.5. The van der Waals surface area contributed by atoms with Crippen LogP contribution in [0.25, 0.3) is 0 Å². The van der Waals surface area contributed by atoms with E-state index in [1.165, 1.54) is 4.88 Å². The van der Waals surface area contributed by atoms with Crippen LogP contribution in [0.15, 0.2) is 34.9 Å². The van der Waals surface area contributed by atoms with Crippen LogP contribution in [0.1, 0.15) is 23.4 Å². The molecule has 2 aromatic heterocycles. The summed E-state index contributed by atoms with van der Waals surface area (Å²) >= 11 is 7.98. The van der Waals surface area contributed by atoms with E-state index in [2.05, 4.69) is 23.1 Å². The Labute approximate surface area is 126 Å². The number of nitrogens with two attached hydrogens (primary N) is 1. The van der Waals surface area contributed by atoms with Crippen LogP contribution < -0.4 is 10.6 Å². The highest BCUT2D eigenvalue weighted by Crippen LogP contribution is 2.32. The standard InChI is InChI=1S/C13H15ClN4OS/c1-8(10-4-3-7-20-10)18(2)13-11(14)9(5-6-16-13)12(15)17-19/h3-8,19H,1-2H3,(H2,15,17). The van der Waals surface area contributed by atoms with Crippen molar-refractivity contribution in [3.05, 3.63) is 45.2 Å². The summed E-state index contributed by atoms with van der Waals surface area (Å²) in [6.07, 6.45) is 1.59. The van der Waals surface area contributed by atoms with E-state index in [4.69, 9.17) is 22.5 Å². The average Bonchev–Trinajstić information content (AvgIpc) is 2.99. The number of pyridine rings is 1. The van der Waals surface area contributed by atoms with E-state index >= 15 is 0 Å². The summed E-state index contributed by atoms with van der Waals surface area (Å²) in [5.41, 5.74) is 6.07. The van der Waals surface area contributed by atoms with Crippen LogP contribution in [-0.4, -0.2) is 23.1 Å². The quantitative estimate of drug-likeness (QED) is 0.394. The van der Waals surface area contributed by atoms with Gasteiger partial charge in [-0.2, -0.15) is 0 Å². The zero-order valence-corrected chi connectivity index (χ0v) is 12.7. The van der Waals surface area contributed by atoms with Gasteiger partial charge in [-0.25, -0.2) is 4.98 Å². The molecule has 0 spiro atoms. The Morgan fingerprint density at radius 3 is 2.90 bits per heavy atom. The van der Waals surface area contributed by atoms with Crippen LogP contribution in [0.2, 0.25) is 5.02 Å². The first-order valence-electron chi connectivity index (χ1n) is 5.95. The van der Waals surface area contributed by atoms with Crippen molar-refractivity contribution < 1.29 is 5.21 Å². The third-order valence-electron chi connectivity index (χ3n) is 3.12. The van der Waals surface area contributed by atoms with Gasteiger partial charge in [0, 0.05) is 23.7 Å². The van der Waals surface area contributed by atoms with Crippen molar-refractivity contribution in [3.63, 3.8) is 0 Å². The summed E-state index contributed by atoms with van der Waals surface area (Å²) in [5, 5.41) is 14.2. The second-order valence-corrected chi connectivity index (χ2v) is 5.64. The number of nitrogens with zero attached hydrogens (tertiary/aromatic N) is 3. The summed E-state index contributed by atoms with van der Waals surface area (Å²) in [6.45, 7) is 2.07. The van der Waals surface area contributed by atoms with E-state index in [0.717, 1.165) is 0 Å². The number of anilines is 1. The topological polar surface area (TPSA) is 74.7 Å². The normalized spacial score (nSPS) is 13.2. The molecule has 0 fully saturated rings. The van der Waals surface area contributed by atoms with Gasteiger partial charge in [-0.1, -0.05) is 22.8 Å². The zero-order valence-electron chi connectivity index (χ0n) is 11.1. The molecule has 0 amide bonds. The molecule has 0 aromatic carbocycles. The smallest absolute Gasteiger partial charge is 0.171 e. The number of halogens is 1. The number of aromatic nitrogens is 1. The lowest BCUT2D eigenvalue weighted by molar-refractivity contribution is 0.318. The van der Waals surface area contributed by atoms with Crippen molar-refractivity contribution in [1.29, 1.82) is 0 Å². The molecule has 0 saturated carbocycles. The SMILES string of the molecule is CC(c1cccs1)N(C)c1nccc(/C(N)=N/O)c1Cl. The largest absolute Gasteiger partial charge is 0.409 e. The van der Waals surface area contributed by atoms with Gasteiger partial charge in [0.15, 0.2) is 5.84 Å². The van der Waals surface area contributed by atoms with Gasteiger partial charge >= 0.3 is 0 Å². The fourth-order valence-corrected chi connectivity index (χ4v) is 3.00. The van der Waals surface area contributed by atoms with Crippen LogP contribution in [0.4, 0.5) is 5.82 Å². The maximum absolute atomic E-state index is 8.77. The molecular weight excluding hydrogens is 296 g/mol.